The van der Waals surface area contributed by atoms with E-state index in [4.69, 9.17) is 11.6 Å². The summed E-state index contributed by atoms with van der Waals surface area (Å²) in [6, 6.07) is 18.6. The van der Waals surface area contributed by atoms with Gasteiger partial charge in [0.25, 0.3) is 0 Å². The first-order valence-electron chi connectivity index (χ1n) is 11.0. The van der Waals surface area contributed by atoms with Crippen LogP contribution in [0, 0.1) is 13.8 Å². The molecular weight excluding hydrogens is 404 g/mol. The number of carbonyl (C=O) groups excluding carboxylic acids is 1. The second-order valence-electron chi connectivity index (χ2n) is 8.56. The molecule has 0 radical (unpaired) electrons. The zero-order valence-corrected chi connectivity index (χ0v) is 19.0. The molecular formula is C27H29ClN2O. The third kappa shape index (κ3) is 5.23. The van der Waals surface area contributed by atoms with Crippen LogP contribution < -0.4 is 5.32 Å². The number of ketones is 1. The minimum atomic E-state index is -0.0136. The van der Waals surface area contributed by atoms with Crippen molar-refractivity contribution in [3.63, 3.8) is 0 Å². The van der Waals surface area contributed by atoms with Gasteiger partial charge >= 0.3 is 0 Å². The minimum Gasteiger partial charge on any atom is -0.317 e. The molecule has 0 spiro atoms. The number of aryl methyl sites for hydroxylation is 2. The molecule has 1 atom stereocenters. The summed E-state index contributed by atoms with van der Waals surface area (Å²) in [5.74, 6) is 0.736. The number of carbonyl (C=O) groups is 1. The first-order valence-corrected chi connectivity index (χ1v) is 11.4. The van der Waals surface area contributed by atoms with E-state index in [9.17, 15) is 4.79 Å². The molecule has 0 saturated carbocycles. The lowest BCUT2D eigenvalue weighted by atomic mass is 9.82. The predicted molar refractivity (Wildman–Crippen MR) is 127 cm³/mol. The van der Waals surface area contributed by atoms with Crippen LogP contribution in [-0.4, -0.2) is 23.9 Å². The molecule has 1 aromatic heterocycles. The average molecular weight is 433 g/mol. The molecule has 3 aromatic rings. The topological polar surface area (TPSA) is 42.0 Å². The van der Waals surface area contributed by atoms with Gasteiger partial charge in [0.15, 0.2) is 5.78 Å². The number of Topliss-reactive ketones (excluding diaryl/α,β-unsaturated/α-hetero) is 1. The maximum absolute atomic E-state index is 13.2. The molecule has 1 fully saturated rings. The van der Waals surface area contributed by atoms with E-state index in [1.165, 1.54) is 24.0 Å². The number of aromatic nitrogens is 1. The Morgan fingerprint density at radius 3 is 2.48 bits per heavy atom. The first kappa shape index (κ1) is 21.7. The molecule has 1 saturated heterocycles. The van der Waals surface area contributed by atoms with Gasteiger partial charge in [-0.05, 0) is 92.2 Å². The van der Waals surface area contributed by atoms with Crippen molar-refractivity contribution in [2.45, 2.75) is 44.9 Å². The maximum Gasteiger partial charge on any atom is 0.163 e. The number of halogens is 1. The van der Waals surface area contributed by atoms with Crippen LogP contribution in [-0.2, 0) is 0 Å². The van der Waals surface area contributed by atoms with Gasteiger partial charge in [-0.2, -0.15) is 0 Å². The Hall–Kier alpha value is -2.49. The van der Waals surface area contributed by atoms with Crippen molar-refractivity contribution in [3.8, 4) is 0 Å². The molecule has 0 amide bonds. The van der Waals surface area contributed by atoms with Crippen LogP contribution in [0.1, 0.15) is 69.4 Å². The summed E-state index contributed by atoms with van der Waals surface area (Å²) in [6.45, 7) is 6.15. The highest BCUT2D eigenvalue weighted by Gasteiger charge is 2.22. The molecule has 1 aliphatic rings. The van der Waals surface area contributed by atoms with Gasteiger partial charge in [0.2, 0.25) is 0 Å². The molecule has 2 heterocycles. The molecule has 160 valence electrons. The number of nitrogens with one attached hydrogen (secondary N) is 1. The maximum atomic E-state index is 13.2. The Labute approximate surface area is 189 Å². The second-order valence-corrected chi connectivity index (χ2v) is 8.99. The van der Waals surface area contributed by atoms with Crippen molar-refractivity contribution in [1.29, 1.82) is 0 Å². The Balaban J connectivity index is 1.65. The summed E-state index contributed by atoms with van der Waals surface area (Å²) in [7, 11) is 0. The van der Waals surface area contributed by atoms with Gasteiger partial charge < -0.3 is 5.32 Å². The summed E-state index contributed by atoms with van der Waals surface area (Å²) in [5, 5.41) is 4.15. The van der Waals surface area contributed by atoms with Crippen LogP contribution >= 0.6 is 11.6 Å². The Morgan fingerprint density at radius 1 is 1.06 bits per heavy atom. The summed E-state index contributed by atoms with van der Waals surface area (Å²) in [4.78, 5) is 17.4. The van der Waals surface area contributed by atoms with Crippen molar-refractivity contribution in [2.75, 3.05) is 13.1 Å². The van der Waals surface area contributed by atoms with Gasteiger partial charge in [0, 0.05) is 34.8 Å². The molecule has 1 unspecified atom stereocenters. The largest absolute Gasteiger partial charge is 0.317 e. The minimum absolute atomic E-state index is 0.0136. The van der Waals surface area contributed by atoms with Crippen molar-refractivity contribution in [1.82, 2.24) is 10.3 Å². The molecule has 0 bridgehead atoms. The average Bonchev–Trinajstić information content (AvgIpc) is 2.78. The smallest absolute Gasteiger partial charge is 0.163 e. The highest BCUT2D eigenvalue weighted by molar-refractivity contribution is 6.30. The number of pyridine rings is 1. The fourth-order valence-electron chi connectivity index (χ4n) is 4.62. The van der Waals surface area contributed by atoms with Gasteiger partial charge in [-0.25, -0.2) is 0 Å². The van der Waals surface area contributed by atoms with Crippen molar-refractivity contribution < 1.29 is 4.79 Å². The SMILES string of the molecule is Cc1cc(C(=O)CC(c2ccc(C3CCNCC3)cc2)c2ccc(Cl)cc2C)ccn1. The fraction of sp³-hybridized carbons (Fsp3) is 0.333. The number of piperidine rings is 1. The molecule has 1 N–H and O–H groups in total. The van der Waals surface area contributed by atoms with E-state index in [-0.39, 0.29) is 11.7 Å². The number of benzene rings is 2. The van der Waals surface area contributed by atoms with Crippen LogP contribution in [0.15, 0.2) is 60.8 Å². The van der Waals surface area contributed by atoms with Crippen LogP contribution in [0.25, 0.3) is 0 Å². The van der Waals surface area contributed by atoms with Crippen LogP contribution in [0.4, 0.5) is 0 Å². The Bertz CT molecular complexity index is 1060. The van der Waals surface area contributed by atoms with E-state index in [2.05, 4.69) is 47.6 Å². The lowest BCUT2D eigenvalue weighted by Gasteiger charge is -2.24. The molecule has 0 aliphatic carbocycles. The quantitative estimate of drug-likeness (QED) is 0.470. The van der Waals surface area contributed by atoms with Crippen molar-refractivity contribution in [2.24, 2.45) is 0 Å². The zero-order valence-electron chi connectivity index (χ0n) is 18.2. The normalized spacial score (nSPS) is 15.6. The van der Waals surface area contributed by atoms with Gasteiger partial charge in [-0.1, -0.05) is 41.9 Å². The Kier molecular flexibility index (Phi) is 6.84. The monoisotopic (exact) mass is 432 g/mol. The third-order valence-corrected chi connectivity index (χ3v) is 6.60. The van der Waals surface area contributed by atoms with E-state index < -0.39 is 0 Å². The van der Waals surface area contributed by atoms with E-state index in [0.717, 1.165) is 40.5 Å². The lowest BCUT2D eigenvalue weighted by Crippen LogP contribution is -2.26. The molecule has 1 aliphatic heterocycles. The van der Waals surface area contributed by atoms with Crippen LogP contribution in [0.2, 0.25) is 5.02 Å². The van der Waals surface area contributed by atoms with Crippen LogP contribution in [0.3, 0.4) is 0 Å². The molecule has 4 rings (SSSR count). The molecule has 3 nitrogen and oxygen atoms in total. The fourth-order valence-corrected chi connectivity index (χ4v) is 4.84. The van der Waals surface area contributed by atoms with Crippen molar-refractivity contribution in [3.05, 3.63) is 99.3 Å². The first-order chi connectivity index (χ1) is 15.0. The van der Waals surface area contributed by atoms with Crippen LogP contribution in [0.5, 0.6) is 0 Å². The van der Waals surface area contributed by atoms with E-state index in [1.54, 1.807) is 12.3 Å². The zero-order chi connectivity index (χ0) is 21.8. The summed E-state index contributed by atoms with van der Waals surface area (Å²) >= 11 is 6.21. The standard InChI is InChI=1S/C27H29ClN2O/c1-18-15-24(28)7-8-25(18)26(17-27(31)23-11-14-30-19(2)16-23)22-5-3-20(4-6-22)21-9-12-29-13-10-21/h3-8,11,14-16,21,26,29H,9-10,12-13,17H2,1-2H3. The number of nitrogens with zero attached hydrogens (tertiary/aromatic N) is 1. The van der Waals surface area contributed by atoms with Crippen molar-refractivity contribution >= 4 is 17.4 Å². The molecule has 31 heavy (non-hydrogen) atoms. The third-order valence-electron chi connectivity index (χ3n) is 6.36. The highest BCUT2D eigenvalue weighted by atomic mass is 35.5. The summed E-state index contributed by atoms with van der Waals surface area (Å²) < 4.78 is 0. The van der Waals surface area contributed by atoms with E-state index in [1.807, 2.05) is 25.1 Å². The van der Waals surface area contributed by atoms with E-state index >= 15 is 0 Å². The van der Waals surface area contributed by atoms with E-state index in [0.29, 0.717) is 12.3 Å². The molecule has 4 heteroatoms. The lowest BCUT2D eigenvalue weighted by molar-refractivity contribution is 0.0977. The number of hydrogen-bond acceptors (Lipinski definition) is 3. The molecule has 2 aromatic carbocycles. The van der Waals surface area contributed by atoms with Gasteiger partial charge in [-0.15, -0.1) is 0 Å². The second kappa shape index (κ2) is 9.76. The van der Waals surface area contributed by atoms with Gasteiger partial charge in [0.05, 0.1) is 0 Å². The highest BCUT2D eigenvalue weighted by Crippen LogP contribution is 2.34. The number of rotatable bonds is 6. The predicted octanol–water partition coefficient (Wildman–Crippen LogP) is 6.22. The van der Waals surface area contributed by atoms with Gasteiger partial charge in [-0.3, -0.25) is 9.78 Å². The van der Waals surface area contributed by atoms with Gasteiger partial charge in [0.1, 0.15) is 0 Å². The Morgan fingerprint density at radius 2 is 1.81 bits per heavy atom. The summed E-state index contributed by atoms with van der Waals surface area (Å²) in [6.07, 6.45) is 4.48. The number of hydrogen-bond donors (Lipinski definition) is 1. The summed E-state index contributed by atoms with van der Waals surface area (Å²) in [5.41, 5.74) is 6.40.